The van der Waals surface area contributed by atoms with Crippen LogP contribution in [0.25, 0.3) is 0 Å². The summed E-state index contributed by atoms with van der Waals surface area (Å²) in [4.78, 5) is 0. The zero-order valence-corrected chi connectivity index (χ0v) is 13.4. The summed E-state index contributed by atoms with van der Waals surface area (Å²) in [5.74, 6) is 0.393. The van der Waals surface area contributed by atoms with Crippen LogP contribution in [0.15, 0.2) is 0 Å². The minimum atomic E-state index is -1.76. The van der Waals surface area contributed by atoms with Crippen LogP contribution in [0, 0.1) is 5.92 Å². The second-order valence-electron chi connectivity index (χ2n) is 6.75. The summed E-state index contributed by atoms with van der Waals surface area (Å²) in [6, 6.07) is -0.260. The minimum Gasteiger partial charge on any atom is -0.412 e. The van der Waals surface area contributed by atoms with E-state index in [1.807, 2.05) is 0 Å². The molecule has 4 atom stereocenters. The molecule has 1 aliphatic rings. The molecule has 0 aromatic heterocycles. The van der Waals surface area contributed by atoms with Gasteiger partial charge >= 0.3 is 0 Å². The summed E-state index contributed by atoms with van der Waals surface area (Å²) in [5, 5.41) is 0.219. The zero-order chi connectivity index (χ0) is 13.4. The van der Waals surface area contributed by atoms with Crippen LogP contribution < -0.4 is 0 Å². The third kappa shape index (κ3) is 3.15. The van der Waals surface area contributed by atoms with Crippen molar-refractivity contribution < 1.29 is 9.16 Å². The Morgan fingerprint density at radius 3 is 2.18 bits per heavy atom. The molecular formula is C13H27BO2Si. The quantitative estimate of drug-likeness (QED) is 0.719. The molecule has 2 nitrogen and oxygen atoms in total. The highest BCUT2D eigenvalue weighted by Crippen LogP contribution is 2.40. The van der Waals surface area contributed by atoms with Gasteiger partial charge in [0.05, 0.1) is 12.2 Å². The van der Waals surface area contributed by atoms with Crippen molar-refractivity contribution in [1.29, 1.82) is 0 Å². The number of hydrogen-bond acceptors (Lipinski definition) is 2. The zero-order valence-electron chi connectivity index (χ0n) is 12.4. The monoisotopic (exact) mass is 254 g/mol. The highest BCUT2D eigenvalue weighted by Gasteiger charge is 2.45. The molecule has 4 heteroatoms. The molecule has 0 aliphatic carbocycles. The molecule has 0 unspecified atom stereocenters. The Hall–Kier alpha value is 0.202. The molecule has 0 aromatic carbocycles. The molecule has 0 bridgehead atoms. The number of rotatable bonds is 3. The van der Waals surface area contributed by atoms with Gasteiger partial charge in [0.25, 0.3) is 0 Å². The Bertz CT molecular complexity index is 263. The first-order valence-corrected chi connectivity index (χ1v) is 9.60. The first-order valence-electron chi connectivity index (χ1n) is 6.69. The molecule has 0 saturated carbocycles. The normalized spacial score (nSPS) is 35.2. The molecule has 0 spiro atoms. The second-order valence-corrected chi connectivity index (χ2v) is 11.5. The van der Waals surface area contributed by atoms with Crippen LogP contribution >= 0.6 is 0 Å². The summed E-state index contributed by atoms with van der Waals surface area (Å²) in [6.45, 7) is 15.6. The van der Waals surface area contributed by atoms with Gasteiger partial charge in [0.1, 0.15) is 7.85 Å². The molecule has 2 radical (unpaired) electrons. The summed E-state index contributed by atoms with van der Waals surface area (Å²) >= 11 is 0. The Kier molecular flexibility index (Phi) is 4.54. The maximum absolute atomic E-state index is 6.41. The summed E-state index contributed by atoms with van der Waals surface area (Å²) in [5.41, 5.74) is 0. The van der Waals surface area contributed by atoms with Crippen molar-refractivity contribution in [3.05, 3.63) is 0 Å². The van der Waals surface area contributed by atoms with Gasteiger partial charge in [-0.05, 0) is 24.6 Å². The third-order valence-electron chi connectivity index (χ3n) is 4.40. The first kappa shape index (κ1) is 15.3. The van der Waals surface area contributed by atoms with Gasteiger partial charge in [-0.25, -0.2) is 0 Å². The number of hydrogen-bond donors (Lipinski definition) is 0. The SMILES string of the molecule is [B][C@@H]1O[C@H](CC)[C@@H](C)[C@H]1O[Si](C)(C)C(C)(C)C. The molecule has 0 aromatic rings. The highest BCUT2D eigenvalue weighted by atomic mass is 28.4. The van der Waals surface area contributed by atoms with E-state index in [-0.39, 0.29) is 23.2 Å². The first-order chi connectivity index (χ1) is 7.60. The van der Waals surface area contributed by atoms with Crippen LogP contribution in [-0.2, 0) is 9.16 Å². The standard InChI is InChI=1S/C13H27BO2Si/c1-8-10-9(2)11(12(14)15-10)16-17(6,7)13(3,4)5/h9-12H,8H2,1-7H3/t9-,10-,11-,12-/m1/s1. The Labute approximate surface area is 109 Å². The minimum absolute atomic E-state index is 0.0563. The second kappa shape index (κ2) is 5.06. The molecular weight excluding hydrogens is 227 g/mol. The maximum atomic E-state index is 6.41. The van der Waals surface area contributed by atoms with Crippen LogP contribution in [0.4, 0.5) is 0 Å². The molecule has 0 amide bonds. The molecule has 1 saturated heterocycles. The molecule has 1 rings (SSSR count). The summed E-state index contributed by atoms with van der Waals surface area (Å²) in [7, 11) is 4.30. The fourth-order valence-corrected chi connectivity index (χ4v) is 3.46. The smallest absolute Gasteiger partial charge is 0.192 e. The molecule has 1 heterocycles. The Morgan fingerprint density at radius 2 is 1.82 bits per heavy atom. The fourth-order valence-electron chi connectivity index (χ4n) is 2.07. The molecule has 0 N–H and O–H groups in total. The average Bonchev–Trinajstić information content (AvgIpc) is 2.43. The van der Waals surface area contributed by atoms with Crippen LogP contribution in [0.1, 0.15) is 41.0 Å². The van der Waals surface area contributed by atoms with Crippen molar-refractivity contribution in [2.45, 2.75) is 77.4 Å². The predicted octanol–water partition coefficient (Wildman–Crippen LogP) is 3.32. The van der Waals surface area contributed by atoms with Gasteiger partial charge in [-0.1, -0.05) is 34.6 Å². The van der Waals surface area contributed by atoms with E-state index in [2.05, 4.69) is 47.7 Å². The Balaban J connectivity index is 2.75. The van der Waals surface area contributed by atoms with Gasteiger partial charge in [0.2, 0.25) is 0 Å². The van der Waals surface area contributed by atoms with E-state index in [1.165, 1.54) is 0 Å². The molecule has 1 fully saturated rings. The van der Waals surface area contributed by atoms with E-state index >= 15 is 0 Å². The van der Waals surface area contributed by atoms with Crippen molar-refractivity contribution in [3.63, 3.8) is 0 Å². The van der Waals surface area contributed by atoms with Crippen LogP contribution in [0.3, 0.4) is 0 Å². The van der Waals surface area contributed by atoms with E-state index in [9.17, 15) is 0 Å². The predicted molar refractivity (Wildman–Crippen MR) is 75.9 cm³/mol. The number of ether oxygens (including phenoxy) is 1. The van der Waals surface area contributed by atoms with Crippen molar-refractivity contribution in [2.75, 3.05) is 0 Å². The van der Waals surface area contributed by atoms with E-state index < -0.39 is 8.32 Å². The lowest BCUT2D eigenvalue weighted by Gasteiger charge is -2.40. The van der Waals surface area contributed by atoms with Gasteiger partial charge in [0.15, 0.2) is 8.32 Å². The highest BCUT2D eigenvalue weighted by molar-refractivity contribution is 6.74. The van der Waals surface area contributed by atoms with E-state index in [1.54, 1.807) is 0 Å². The lowest BCUT2D eigenvalue weighted by Crippen LogP contribution is -2.47. The molecule has 1 aliphatic heterocycles. The van der Waals surface area contributed by atoms with E-state index in [0.29, 0.717) is 5.92 Å². The lowest BCUT2D eigenvalue weighted by atomic mass is 9.88. The summed E-state index contributed by atoms with van der Waals surface area (Å²) < 4.78 is 12.2. The van der Waals surface area contributed by atoms with Crippen molar-refractivity contribution in [1.82, 2.24) is 0 Å². The van der Waals surface area contributed by atoms with Gasteiger partial charge in [-0.15, -0.1) is 0 Å². The topological polar surface area (TPSA) is 18.5 Å². The van der Waals surface area contributed by atoms with Gasteiger partial charge < -0.3 is 9.16 Å². The Morgan fingerprint density at radius 1 is 1.29 bits per heavy atom. The fraction of sp³-hybridized carbons (Fsp3) is 1.00. The third-order valence-corrected chi connectivity index (χ3v) is 8.87. The van der Waals surface area contributed by atoms with Gasteiger partial charge in [-0.2, -0.15) is 0 Å². The van der Waals surface area contributed by atoms with Crippen LogP contribution in [0.2, 0.25) is 18.1 Å². The molecule has 17 heavy (non-hydrogen) atoms. The van der Waals surface area contributed by atoms with Crippen molar-refractivity contribution >= 4 is 16.2 Å². The van der Waals surface area contributed by atoms with Gasteiger partial charge in [-0.3, -0.25) is 0 Å². The van der Waals surface area contributed by atoms with Crippen LogP contribution in [0.5, 0.6) is 0 Å². The van der Waals surface area contributed by atoms with Gasteiger partial charge in [0, 0.05) is 11.9 Å². The average molecular weight is 254 g/mol. The van der Waals surface area contributed by atoms with Crippen molar-refractivity contribution in [2.24, 2.45) is 5.92 Å². The largest absolute Gasteiger partial charge is 0.412 e. The van der Waals surface area contributed by atoms with Crippen molar-refractivity contribution in [3.8, 4) is 0 Å². The van der Waals surface area contributed by atoms with E-state index in [0.717, 1.165) is 6.42 Å². The molecule has 98 valence electrons. The lowest BCUT2D eigenvalue weighted by molar-refractivity contribution is 0.0598. The maximum Gasteiger partial charge on any atom is 0.192 e. The summed E-state index contributed by atoms with van der Waals surface area (Å²) in [6.07, 6.45) is 1.31. The van der Waals surface area contributed by atoms with Crippen LogP contribution in [-0.4, -0.2) is 34.4 Å². The van der Waals surface area contributed by atoms with E-state index in [4.69, 9.17) is 17.0 Å².